The number of halogens is 2. The molecule has 1 aliphatic carbocycles. The van der Waals surface area contributed by atoms with Crippen LogP contribution in [-0.2, 0) is 16.0 Å². The summed E-state index contributed by atoms with van der Waals surface area (Å²) >= 11 is 0. The Kier molecular flexibility index (Phi) is 9.38. The average Bonchev–Trinajstić information content (AvgIpc) is 3.07. The smallest absolute Gasteiger partial charge is 0.408 e. The Morgan fingerprint density at radius 3 is 2.49 bits per heavy atom. The Labute approximate surface area is 207 Å². The summed E-state index contributed by atoms with van der Waals surface area (Å²) in [5, 5.41) is 5.84. The fraction of sp³-hybridized carbons (Fsp3) is 0.481. The van der Waals surface area contributed by atoms with Gasteiger partial charge in [-0.2, -0.15) is 0 Å². The topological polar surface area (TPSA) is 70.7 Å². The molecule has 1 aromatic carbocycles. The molecular weight excluding hydrogens is 452 g/mol. The lowest BCUT2D eigenvalue weighted by Crippen LogP contribution is -2.54. The monoisotopic (exact) mass is 489 g/mol. The van der Waals surface area contributed by atoms with Crippen molar-refractivity contribution < 1.29 is 23.1 Å². The Hall–Kier alpha value is -3.00. The summed E-state index contributed by atoms with van der Waals surface area (Å²) in [6.07, 6.45) is 1.14. The number of fused-ring (bicyclic) bond motifs is 1. The maximum atomic E-state index is 13.5. The van der Waals surface area contributed by atoms with Crippen molar-refractivity contribution in [1.82, 2.24) is 15.5 Å². The number of benzene rings is 1. The number of carbonyl (C=O) groups is 2. The number of nitrogens with one attached hydrogen (secondary N) is 2. The number of alkyl carbamates (subject to hydrolysis) is 1. The van der Waals surface area contributed by atoms with E-state index in [-0.39, 0.29) is 13.3 Å². The molecule has 3 atom stereocenters. The highest BCUT2D eigenvalue weighted by Crippen LogP contribution is 2.33. The van der Waals surface area contributed by atoms with Crippen LogP contribution in [0.5, 0.6) is 0 Å². The molecule has 2 amide bonds. The molecule has 3 rings (SSSR count). The summed E-state index contributed by atoms with van der Waals surface area (Å²) in [6.45, 7) is 12.8. The molecule has 8 heteroatoms. The van der Waals surface area contributed by atoms with Crippen molar-refractivity contribution in [2.75, 3.05) is 13.1 Å². The van der Waals surface area contributed by atoms with Crippen LogP contribution >= 0.6 is 0 Å². The molecule has 2 N–H and O–H groups in total. The van der Waals surface area contributed by atoms with E-state index in [2.05, 4.69) is 23.8 Å². The molecule has 0 saturated carbocycles. The highest BCUT2D eigenvalue weighted by molar-refractivity contribution is 5.84. The molecule has 2 aliphatic rings. The minimum absolute atomic E-state index is 0. The molecule has 1 aliphatic heterocycles. The van der Waals surface area contributed by atoms with Gasteiger partial charge in [0.05, 0.1) is 18.6 Å². The Morgan fingerprint density at radius 1 is 1.20 bits per heavy atom. The van der Waals surface area contributed by atoms with E-state index >= 15 is 0 Å². The second-order valence-corrected chi connectivity index (χ2v) is 9.57. The first-order valence-electron chi connectivity index (χ1n) is 11.4. The van der Waals surface area contributed by atoms with Gasteiger partial charge in [-0.1, -0.05) is 57.0 Å². The van der Waals surface area contributed by atoms with Crippen LogP contribution < -0.4 is 10.6 Å². The van der Waals surface area contributed by atoms with Crippen LogP contribution in [0.15, 0.2) is 60.7 Å². The minimum atomic E-state index is -2.56. The van der Waals surface area contributed by atoms with Gasteiger partial charge in [-0.3, -0.25) is 9.69 Å². The van der Waals surface area contributed by atoms with Crippen LogP contribution in [0, 0.1) is 0 Å². The van der Waals surface area contributed by atoms with Gasteiger partial charge in [-0.25, -0.2) is 13.6 Å². The van der Waals surface area contributed by atoms with E-state index in [9.17, 15) is 18.4 Å². The zero-order chi connectivity index (χ0) is 25.0. The summed E-state index contributed by atoms with van der Waals surface area (Å²) in [7, 11) is 0. The number of hydrogen-bond acceptors (Lipinski definition) is 4. The van der Waals surface area contributed by atoms with Gasteiger partial charge in [0.2, 0.25) is 5.91 Å². The number of carbonyl (C=O) groups excluding carboxylic acids is 2. The number of allylic oxidation sites excluding steroid dienone is 1. The quantitative estimate of drug-likeness (QED) is 0.569. The maximum absolute atomic E-state index is 13.5. The van der Waals surface area contributed by atoms with Crippen LogP contribution in [0.2, 0.25) is 0 Å². The number of hydrogen-bond donors (Lipinski definition) is 2. The molecule has 0 bridgehead atoms. The zero-order valence-electron chi connectivity index (χ0n) is 19.9. The lowest BCUT2D eigenvalue weighted by molar-refractivity contribution is -0.128. The van der Waals surface area contributed by atoms with Crippen molar-refractivity contribution in [2.45, 2.75) is 71.2 Å². The van der Waals surface area contributed by atoms with E-state index in [1.54, 1.807) is 39.0 Å². The molecule has 0 aromatic heterocycles. The van der Waals surface area contributed by atoms with Crippen molar-refractivity contribution in [3.8, 4) is 0 Å². The number of alkyl halides is 2. The van der Waals surface area contributed by atoms with Crippen LogP contribution in [0.1, 0.15) is 51.8 Å². The van der Waals surface area contributed by atoms with Gasteiger partial charge in [-0.15, -0.1) is 0 Å². The van der Waals surface area contributed by atoms with E-state index in [1.807, 2.05) is 18.2 Å². The minimum Gasteiger partial charge on any atom is -0.444 e. The highest BCUT2D eigenvalue weighted by atomic mass is 19.3. The summed E-state index contributed by atoms with van der Waals surface area (Å²) in [4.78, 5) is 27.6. The normalized spacial score (nSPS) is 22.2. The fourth-order valence-electron chi connectivity index (χ4n) is 4.66. The average molecular weight is 490 g/mol. The van der Waals surface area contributed by atoms with Gasteiger partial charge in [0.15, 0.2) is 0 Å². The second kappa shape index (κ2) is 11.6. The van der Waals surface area contributed by atoms with E-state index in [4.69, 9.17) is 4.74 Å². The summed E-state index contributed by atoms with van der Waals surface area (Å²) in [5.74, 6) is -0.387. The first kappa shape index (κ1) is 28.2. The molecule has 0 saturated heterocycles. The summed E-state index contributed by atoms with van der Waals surface area (Å²) in [6, 6.07) is 5.47. The molecule has 1 heterocycles. The van der Waals surface area contributed by atoms with Gasteiger partial charge >= 0.3 is 6.09 Å². The summed E-state index contributed by atoms with van der Waals surface area (Å²) < 4.78 is 32.0. The van der Waals surface area contributed by atoms with E-state index in [0.29, 0.717) is 19.4 Å². The molecule has 0 radical (unpaired) electrons. The van der Waals surface area contributed by atoms with Crippen molar-refractivity contribution in [2.24, 2.45) is 0 Å². The Morgan fingerprint density at radius 2 is 1.89 bits per heavy atom. The molecule has 192 valence electrons. The summed E-state index contributed by atoms with van der Waals surface area (Å²) in [5.41, 5.74) is 2.58. The Bertz CT molecular complexity index is 984. The number of rotatable bonds is 7. The molecule has 2 unspecified atom stereocenters. The van der Waals surface area contributed by atoms with E-state index in [1.165, 1.54) is 4.90 Å². The lowest BCUT2D eigenvalue weighted by atomic mass is 9.91. The predicted molar refractivity (Wildman–Crippen MR) is 134 cm³/mol. The maximum Gasteiger partial charge on any atom is 0.408 e. The van der Waals surface area contributed by atoms with Gasteiger partial charge in [0.1, 0.15) is 11.6 Å². The van der Waals surface area contributed by atoms with Gasteiger partial charge < -0.3 is 15.4 Å². The largest absolute Gasteiger partial charge is 0.444 e. The third-order valence-electron chi connectivity index (χ3n) is 6.02. The number of amides is 2. The van der Waals surface area contributed by atoms with E-state index in [0.717, 1.165) is 22.3 Å². The first-order valence-corrected chi connectivity index (χ1v) is 11.4. The van der Waals surface area contributed by atoms with Gasteiger partial charge in [-0.05, 0) is 55.9 Å². The third kappa shape index (κ3) is 6.78. The van der Waals surface area contributed by atoms with E-state index < -0.39 is 42.8 Å². The molecule has 35 heavy (non-hydrogen) atoms. The van der Waals surface area contributed by atoms with Crippen molar-refractivity contribution >= 4 is 12.0 Å². The Balaban J connectivity index is 0.00000432. The fourth-order valence-corrected chi connectivity index (χ4v) is 4.66. The standard InChI is InChI=1S/C26H33F2N3O3.CH4/c1-6-16-14-20(22(18(16)7-2)30-25(33)34-26(3,4)5)29-24(32)23-19-11-9-8-10-17(19)12-13-31(23)15-21(27)28;/h6-11,20-23H,1-2,12-15H2,3-5H3,(H,29,32)(H,30,33);1H4/t20-,22?,23?;/m0./s1. The first-order chi connectivity index (χ1) is 16.0. The molecule has 6 nitrogen and oxygen atoms in total. The SMILES string of the molecule is C.C=CC1=C(C=C)C(NC(=O)OC(C)(C)C)[C@@H](NC(=O)C2c3ccccc3CCN2CC(F)F)C1. The van der Waals surface area contributed by atoms with Gasteiger partial charge in [0.25, 0.3) is 6.43 Å². The van der Waals surface area contributed by atoms with Crippen LogP contribution in [0.25, 0.3) is 0 Å². The van der Waals surface area contributed by atoms with Crippen molar-refractivity contribution in [3.63, 3.8) is 0 Å². The zero-order valence-corrected chi connectivity index (χ0v) is 19.9. The predicted octanol–water partition coefficient (Wildman–Crippen LogP) is 4.94. The lowest BCUT2D eigenvalue weighted by Gasteiger charge is -2.37. The van der Waals surface area contributed by atoms with Crippen LogP contribution in [0.3, 0.4) is 0 Å². The van der Waals surface area contributed by atoms with Crippen molar-refractivity contribution in [1.29, 1.82) is 0 Å². The molecule has 1 aromatic rings. The number of ether oxygens (including phenoxy) is 1. The van der Waals surface area contributed by atoms with Crippen molar-refractivity contribution in [3.05, 3.63) is 71.8 Å². The highest BCUT2D eigenvalue weighted by Gasteiger charge is 2.39. The van der Waals surface area contributed by atoms with Gasteiger partial charge in [0, 0.05) is 6.54 Å². The molecular formula is C27H37F2N3O3. The molecule has 0 fully saturated rings. The third-order valence-corrected chi connectivity index (χ3v) is 6.02. The number of nitrogens with zero attached hydrogens (tertiary/aromatic N) is 1. The van der Waals surface area contributed by atoms with Crippen LogP contribution in [0.4, 0.5) is 13.6 Å². The van der Waals surface area contributed by atoms with Crippen LogP contribution in [-0.4, -0.2) is 54.1 Å². The second-order valence-electron chi connectivity index (χ2n) is 9.57. The molecule has 0 spiro atoms.